The van der Waals surface area contributed by atoms with Crippen molar-refractivity contribution < 1.29 is 14.0 Å². The van der Waals surface area contributed by atoms with Gasteiger partial charge in [-0.25, -0.2) is 9.38 Å². The Bertz CT molecular complexity index is 1270. The molecule has 0 N–H and O–H groups in total. The Labute approximate surface area is 196 Å². The molecule has 0 unspecified atom stereocenters. The first kappa shape index (κ1) is 21.5. The van der Waals surface area contributed by atoms with E-state index in [0.29, 0.717) is 48.9 Å². The fraction of sp³-hybridized carbons (Fsp3) is 0.192. The third kappa shape index (κ3) is 4.32. The summed E-state index contributed by atoms with van der Waals surface area (Å²) >= 11 is 6.02. The van der Waals surface area contributed by atoms with Crippen LogP contribution >= 0.6 is 11.6 Å². The summed E-state index contributed by atoms with van der Waals surface area (Å²) in [5, 5.41) is 0.654. The summed E-state index contributed by atoms with van der Waals surface area (Å²) < 4.78 is 14.3. The Hall–Kier alpha value is -3.35. The maximum Gasteiger partial charge on any atom is 0.280 e. The van der Waals surface area contributed by atoms with Crippen molar-refractivity contribution in [3.63, 3.8) is 0 Å². The molecule has 0 aliphatic carbocycles. The van der Waals surface area contributed by atoms with Crippen LogP contribution in [0.2, 0.25) is 5.02 Å². The van der Waals surface area contributed by atoms with Gasteiger partial charge in [0.05, 0.1) is 5.56 Å². The summed E-state index contributed by atoms with van der Waals surface area (Å²) in [7, 11) is 0. The van der Waals surface area contributed by atoms with Gasteiger partial charge in [-0.1, -0.05) is 41.9 Å². The fourth-order valence-electron chi connectivity index (χ4n) is 4.39. The number of benzene rings is 3. The van der Waals surface area contributed by atoms with Crippen molar-refractivity contribution in [2.45, 2.75) is 6.54 Å². The molecule has 166 valence electrons. The van der Waals surface area contributed by atoms with E-state index in [1.807, 2.05) is 59.5 Å². The van der Waals surface area contributed by atoms with Gasteiger partial charge in [0.15, 0.2) is 0 Å². The number of rotatable bonds is 4. The minimum atomic E-state index is -0.530. The molecule has 0 atom stereocenters. The van der Waals surface area contributed by atoms with Crippen molar-refractivity contribution in [3.05, 3.63) is 93.8 Å². The lowest BCUT2D eigenvalue weighted by Crippen LogP contribution is -2.48. The normalized spacial score (nSPS) is 15.7. The van der Waals surface area contributed by atoms with Crippen LogP contribution in [0.25, 0.3) is 11.1 Å². The Balaban J connectivity index is 1.26. The molecule has 2 amide bonds. The van der Waals surface area contributed by atoms with Crippen molar-refractivity contribution in [3.8, 4) is 11.1 Å². The van der Waals surface area contributed by atoms with Crippen molar-refractivity contribution in [2.24, 2.45) is 4.99 Å². The van der Waals surface area contributed by atoms with E-state index in [1.165, 1.54) is 12.3 Å². The van der Waals surface area contributed by atoms with Crippen LogP contribution in [0.4, 0.5) is 4.39 Å². The summed E-state index contributed by atoms with van der Waals surface area (Å²) in [6, 6.07) is 18.3. The molecule has 3 aromatic rings. The topological polar surface area (TPSA) is 53.0 Å². The quantitative estimate of drug-likeness (QED) is 0.567. The Kier molecular flexibility index (Phi) is 5.79. The summed E-state index contributed by atoms with van der Waals surface area (Å²) in [5.74, 6) is -1.06. The van der Waals surface area contributed by atoms with Gasteiger partial charge in [-0.2, -0.15) is 0 Å². The molecule has 7 heteroatoms. The first-order chi connectivity index (χ1) is 16.0. The number of carbonyl (C=O) groups is 2. The van der Waals surface area contributed by atoms with Crippen LogP contribution in [0.1, 0.15) is 31.8 Å². The third-order valence-corrected chi connectivity index (χ3v) is 6.35. The van der Waals surface area contributed by atoms with Gasteiger partial charge in [-0.3, -0.25) is 14.5 Å². The summed E-state index contributed by atoms with van der Waals surface area (Å²) in [5.41, 5.74) is 3.86. The maximum absolute atomic E-state index is 14.3. The third-order valence-electron chi connectivity index (χ3n) is 6.09. The van der Waals surface area contributed by atoms with Gasteiger partial charge in [0.25, 0.3) is 11.8 Å². The number of aliphatic imine (C=N–C) groups is 1. The Morgan fingerprint density at radius 1 is 1.00 bits per heavy atom. The number of carbonyl (C=O) groups excluding carboxylic acids is 2. The summed E-state index contributed by atoms with van der Waals surface area (Å²) in [4.78, 5) is 32.7. The van der Waals surface area contributed by atoms with Crippen LogP contribution in [0.5, 0.6) is 0 Å². The van der Waals surface area contributed by atoms with Crippen molar-refractivity contribution >= 4 is 29.6 Å². The largest absolute Gasteiger partial charge is 0.336 e. The molecule has 0 spiro atoms. The first-order valence-corrected chi connectivity index (χ1v) is 11.1. The van der Waals surface area contributed by atoms with Gasteiger partial charge in [0.2, 0.25) is 0 Å². The number of hydrogen-bond acceptors (Lipinski definition) is 3. The molecule has 0 saturated carbocycles. The number of piperazine rings is 1. The number of amides is 2. The molecular formula is C26H21ClFN3O2. The van der Waals surface area contributed by atoms with E-state index in [1.54, 1.807) is 0 Å². The molecule has 1 saturated heterocycles. The standard InChI is InChI=1S/C26H21ClFN3O2/c27-20-7-5-18(6-8-20)21-3-1-2-4-22(21)26(33)31-11-9-30(10-12-31)16-17-13-19-15-29-25(32)24(19)23(28)14-17/h1-8,13-15H,9-12,16H2. The van der Waals surface area contributed by atoms with Gasteiger partial charge in [-0.15, -0.1) is 0 Å². The van der Waals surface area contributed by atoms with Gasteiger partial charge in [-0.05, 0) is 47.0 Å². The highest BCUT2D eigenvalue weighted by molar-refractivity contribution is 6.30. The molecule has 2 aliphatic rings. The van der Waals surface area contributed by atoms with E-state index in [9.17, 15) is 14.0 Å². The first-order valence-electron chi connectivity index (χ1n) is 10.8. The van der Waals surface area contributed by atoms with Gasteiger partial charge in [0, 0.05) is 55.1 Å². The zero-order chi connectivity index (χ0) is 22.9. The number of halogens is 2. The van der Waals surface area contributed by atoms with E-state index >= 15 is 0 Å². The van der Waals surface area contributed by atoms with Crippen molar-refractivity contribution in [2.75, 3.05) is 26.2 Å². The molecule has 0 radical (unpaired) electrons. The van der Waals surface area contributed by atoms with Crippen LogP contribution in [-0.4, -0.2) is 54.0 Å². The SMILES string of the molecule is O=C1N=Cc2cc(CN3CCN(C(=O)c4ccccc4-c4ccc(Cl)cc4)CC3)cc(F)c21. The summed E-state index contributed by atoms with van der Waals surface area (Å²) in [6.45, 7) is 3.08. The number of hydrogen-bond donors (Lipinski definition) is 0. The van der Waals surface area contributed by atoms with E-state index in [2.05, 4.69) is 9.89 Å². The molecule has 3 aromatic carbocycles. The van der Waals surface area contributed by atoms with Crippen LogP contribution in [0.3, 0.4) is 0 Å². The van der Waals surface area contributed by atoms with Crippen LogP contribution in [-0.2, 0) is 6.54 Å². The lowest BCUT2D eigenvalue weighted by molar-refractivity contribution is 0.0629. The zero-order valence-corrected chi connectivity index (χ0v) is 18.6. The molecule has 33 heavy (non-hydrogen) atoms. The lowest BCUT2D eigenvalue weighted by Gasteiger charge is -2.35. The van der Waals surface area contributed by atoms with E-state index in [4.69, 9.17) is 11.6 Å². The van der Waals surface area contributed by atoms with Gasteiger partial charge >= 0.3 is 0 Å². The van der Waals surface area contributed by atoms with E-state index < -0.39 is 11.7 Å². The van der Waals surface area contributed by atoms with Crippen LogP contribution in [0.15, 0.2) is 65.7 Å². The minimum Gasteiger partial charge on any atom is -0.336 e. The molecule has 2 heterocycles. The average molecular weight is 462 g/mol. The predicted octanol–water partition coefficient (Wildman–Crippen LogP) is 4.68. The monoisotopic (exact) mass is 461 g/mol. The molecule has 5 rings (SSSR count). The van der Waals surface area contributed by atoms with E-state index in [-0.39, 0.29) is 11.5 Å². The molecular weight excluding hydrogens is 441 g/mol. The molecule has 0 bridgehead atoms. The van der Waals surface area contributed by atoms with Crippen molar-refractivity contribution in [1.29, 1.82) is 0 Å². The fourth-order valence-corrected chi connectivity index (χ4v) is 4.51. The predicted molar refractivity (Wildman–Crippen MR) is 126 cm³/mol. The molecule has 2 aliphatic heterocycles. The highest BCUT2D eigenvalue weighted by Crippen LogP contribution is 2.27. The smallest absolute Gasteiger partial charge is 0.280 e. The zero-order valence-electron chi connectivity index (χ0n) is 17.8. The molecule has 5 nitrogen and oxygen atoms in total. The maximum atomic E-state index is 14.3. The number of fused-ring (bicyclic) bond motifs is 1. The second-order valence-corrected chi connectivity index (χ2v) is 8.66. The Morgan fingerprint density at radius 2 is 1.73 bits per heavy atom. The van der Waals surface area contributed by atoms with E-state index in [0.717, 1.165) is 16.7 Å². The summed E-state index contributed by atoms with van der Waals surface area (Å²) in [6.07, 6.45) is 1.42. The Morgan fingerprint density at radius 3 is 2.48 bits per heavy atom. The average Bonchev–Trinajstić information content (AvgIpc) is 3.20. The number of nitrogens with zero attached hydrogens (tertiary/aromatic N) is 3. The second-order valence-electron chi connectivity index (χ2n) is 8.23. The van der Waals surface area contributed by atoms with Gasteiger partial charge in [0.1, 0.15) is 5.82 Å². The lowest BCUT2D eigenvalue weighted by atomic mass is 9.98. The highest BCUT2D eigenvalue weighted by atomic mass is 35.5. The minimum absolute atomic E-state index is 0.00139. The van der Waals surface area contributed by atoms with Crippen molar-refractivity contribution in [1.82, 2.24) is 9.80 Å². The molecule has 0 aromatic heterocycles. The molecule has 1 fully saturated rings. The van der Waals surface area contributed by atoms with Crippen LogP contribution < -0.4 is 0 Å². The van der Waals surface area contributed by atoms with Crippen LogP contribution in [0, 0.1) is 5.82 Å². The van der Waals surface area contributed by atoms with Gasteiger partial charge < -0.3 is 4.90 Å². The highest BCUT2D eigenvalue weighted by Gasteiger charge is 2.25. The second kappa shape index (κ2) is 8.89.